The van der Waals surface area contributed by atoms with Crippen molar-refractivity contribution in [2.75, 3.05) is 7.11 Å². The van der Waals surface area contributed by atoms with Gasteiger partial charge in [-0.3, -0.25) is 4.79 Å². The van der Waals surface area contributed by atoms with Gasteiger partial charge in [0.2, 0.25) is 0 Å². The highest BCUT2D eigenvalue weighted by molar-refractivity contribution is 5.98. The normalized spacial score (nSPS) is 9.94. The molecule has 17 heavy (non-hydrogen) atoms. The molecule has 4 heteroatoms. The van der Waals surface area contributed by atoms with Crippen LogP contribution in [0, 0.1) is 0 Å². The monoisotopic (exact) mass is 230 g/mol. The number of aldehydes is 1. The molecule has 0 aliphatic heterocycles. The van der Waals surface area contributed by atoms with Crippen molar-refractivity contribution in [2.24, 2.45) is 0 Å². The van der Waals surface area contributed by atoms with Gasteiger partial charge < -0.3 is 9.15 Å². The summed E-state index contributed by atoms with van der Waals surface area (Å²) < 4.78 is 9.91. The van der Waals surface area contributed by atoms with Crippen molar-refractivity contribution in [1.29, 1.82) is 0 Å². The summed E-state index contributed by atoms with van der Waals surface area (Å²) >= 11 is 0. The largest absolute Gasteiger partial charge is 0.465 e. The van der Waals surface area contributed by atoms with Gasteiger partial charge in [-0.15, -0.1) is 0 Å². The van der Waals surface area contributed by atoms with Crippen molar-refractivity contribution < 1.29 is 18.7 Å². The first kappa shape index (κ1) is 11.1. The molecule has 0 aliphatic carbocycles. The highest BCUT2D eigenvalue weighted by atomic mass is 16.5. The summed E-state index contributed by atoms with van der Waals surface area (Å²) in [7, 11) is 1.29. The SMILES string of the molecule is COC(=O)c1cc(C=O)ccc1-c1ccco1. The van der Waals surface area contributed by atoms with Crippen molar-refractivity contribution >= 4 is 12.3 Å². The number of ether oxygens (including phenoxy) is 1. The Morgan fingerprint density at radius 3 is 2.76 bits per heavy atom. The van der Waals surface area contributed by atoms with Crippen LogP contribution in [0.15, 0.2) is 41.0 Å². The Hall–Kier alpha value is -2.36. The summed E-state index contributed by atoms with van der Waals surface area (Å²) in [5, 5.41) is 0. The van der Waals surface area contributed by atoms with Crippen molar-refractivity contribution in [3.8, 4) is 11.3 Å². The van der Waals surface area contributed by atoms with E-state index < -0.39 is 5.97 Å². The summed E-state index contributed by atoms with van der Waals surface area (Å²) in [4.78, 5) is 22.3. The molecule has 86 valence electrons. The first-order valence-electron chi connectivity index (χ1n) is 4.97. The minimum Gasteiger partial charge on any atom is -0.465 e. The van der Waals surface area contributed by atoms with Gasteiger partial charge in [0.15, 0.2) is 0 Å². The fourth-order valence-electron chi connectivity index (χ4n) is 1.56. The fraction of sp³-hybridized carbons (Fsp3) is 0.0769. The number of carbonyl (C=O) groups is 2. The molecule has 0 saturated carbocycles. The lowest BCUT2D eigenvalue weighted by atomic mass is 10.0. The zero-order chi connectivity index (χ0) is 12.3. The van der Waals surface area contributed by atoms with E-state index in [-0.39, 0.29) is 0 Å². The van der Waals surface area contributed by atoms with Gasteiger partial charge in [0.05, 0.1) is 18.9 Å². The van der Waals surface area contributed by atoms with Crippen LogP contribution in [0.4, 0.5) is 0 Å². The van der Waals surface area contributed by atoms with Crippen LogP contribution in [0.5, 0.6) is 0 Å². The van der Waals surface area contributed by atoms with E-state index in [0.717, 1.165) is 0 Å². The highest BCUT2D eigenvalue weighted by Gasteiger charge is 2.15. The maximum Gasteiger partial charge on any atom is 0.338 e. The molecule has 1 aromatic carbocycles. The molecule has 0 bridgehead atoms. The highest BCUT2D eigenvalue weighted by Crippen LogP contribution is 2.25. The molecule has 0 N–H and O–H groups in total. The summed E-state index contributed by atoms with van der Waals surface area (Å²) in [5.74, 6) is 0.0583. The Balaban J connectivity index is 2.58. The molecule has 0 spiro atoms. The summed E-state index contributed by atoms with van der Waals surface area (Å²) in [6, 6.07) is 8.23. The Bertz CT molecular complexity index is 541. The Labute approximate surface area is 97.8 Å². The third-order valence-corrected chi connectivity index (χ3v) is 2.37. The molecule has 0 amide bonds. The van der Waals surface area contributed by atoms with Crippen LogP contribution in [-0.2, 0) is 4.74 Å². The van der Waals surface area contributed by atoms with Gasteiger partial charge in [-0.1, -0.05) is 6.07 Å². The first-order chi connectivity index (χ1) is 8.26. The van der Waals surface area contributed by atoms with Crippen LogP contribution in [0.1, 0.15) is 20.7 Å². The van der Waals surface area contributed by atoms with Crippen LogP contribution in [0.25, 0.3) is 11.3 Å². The maximum absolute atomic E-state index is 11.6. The second-order valence-corrected chi connectivity index (χ2v) is 3.39. The number of carbonyl (C=O) groups excluding carboxylic acids is 2. The van der Waals surface area contributed by atoms with E-state index in [1.54, 1.807) is 24.3 Å². The average Bonchev–Trinajstić information content (AvgIpc) is 2.90. The van der Waals surface area contributed by atoms with Crippen molar-refractivity contribution in [3.05, 3.63) is 47.7 Å². The predicted molar refractivity (Wildman–Crippen MR) is 60.9 cm³/mol. The van der Waals surface area contributed by atoms with Crippen molar-refractivity contribution in [3.63, 3.8) is 0 Å². The van der Waals surface area contributed by atoms with Gasteiger partial charge in [0.1, 0.15) is 12.0 Å². The molecule has 1 aromatic heterocycles. The molecule has 2 aromatic rings. The zero-order valence-electron chi connectivity index (χ0n) is 9.17. The maximum atomic E-state index is 11.6. The minimum absolute atomic E-state index is 0.312. The quantitative estimate of drug-likeness (QED) is 0.600. The topological polar surface area (TPSA) is 56.5 Å². The predicted octanol–water partition coefficient (Wildman–Crippen LogP) is 2.55. The zero-order valence-corrected chi connectivity index (χ0v) is 9.17. The molecular formula is C13H10O4. The van der Waals surface area contributed by atoms with E-state index in [0.29, 0.717) is 28.7 Å². The number of hydrogen-bond acceptors (Lipinski definition) is 4. The van der Waals surface area contributed by atoms with Crippen LogP contribution in [0.3, 0.4) is 0 Å². The van der Waals surface area contributed by atoms with E-state index >= 15 is 0 Å². The number of benzene rings is 1. The van der Waals surface area contributed by atoms with E-state index in [1.165, 1.54) is 19.4 Å². The Kier molecular flexibility index (Phi) is 3.05. The molecule has 0 atom stereocenters. The molecule has 0 fully saturated rings. The Morgan fingerprint density at radius 2 is 2.18 bits per heavy atom. The molecule has 4 nitrogen and oxygen atoms in total. The summed E-state index contributed by atoms with van der Waals surface area (Å²) in [6.45, 7) is 0. The number of esters is 1. The second-order valence-electron chi connectivity index (χ2n) is 3.39. The molecule has 0 unspecified atom stereocenters. The third-order valence-electron chi connectivity index (χ3n) is 2.37. The van der Waals surface area contributed by atoms with E-state index in [9.17, 15) is 9.59 Å². The lowest BCUT2D eigenvalue weighted by molar-refractivity contribution is 0.0601. The van der Waals surface area contributed by atoms with Crippen LogP contribution in [0.2, 0.25) is 0 Å². The number of furan rings is 1. The van der Waals surface area contributed by atoms with Gasteiger partial charge in [-0.25, -0.2) is 4.79 Å². The second kappa shape index (κ2) is 4.65. The number of rotatable bonds is 3. The molecule has 1 heterocycles. The van der Waals surface area contributed by atoms with Gasteiger partial charge >= 0.3 is 5.97 Å². The molecule has 0 saturated heterocycles. The fourth-order valence-corrected chi connectivity index (χ4v) is 1.56. The van der Waals surface area contributed by atoms with E-state index in [4.69, 9.17) is 4.42 Å². The molecule has 2 rings (SSSR count). The molecular weight excluding hydrogens is 220 g/mol. The van der Waals surface area contributed by atoms with Crippen molar-refractivity contribution in [2.45, 2.75) is 0 Å². The van der Waals surface area contributed by atoms with E-state index in [2.05, 4.69) is 4.74 Å². The summed E-state index contributed by atoms with van der Waals surface area (Å²) in [5.41, 5.74) is 1.33. The average molecular weight is 230 g/mol. The third kappa shape index (κ3) is 2.10. The molecule has 0 aliphatic rings. The summed E-state index contributed by atoms with van der Waals surface area (Å²) in [6.07, 6.45) is 2.20. The standard InChI is InChI=1S/C13H10O4/c1-16-13(15)11-7-9(8-14)4-5-10(11)12-3-2-6-17-12/h2-8H,1H3. The first-order valence-corrected chi connectivity index (χ1v) is 4.97. The smallest absolute Gasteiger partial charge is 0.338 e. The molecule has 0 radical (unpaired) electrons. The lowest BCUT2D eigenvalue weighted by Gasteiger charge is -2.06. The van der Waals surface area contributed by atoms with Gasteiger partial charge in [-0.2, -0.15) is 0 Å². The Morgan fingerprint density at radius 1 is 1.35 bits per heavy atom. The van der Waals surface area contributed by atoms with Crippen LogP contribution >= 0.6 is 0 Å². The van der Waals surface area contributed by atoms with Gasteiger partial charge in [0.25, 0.3) is 0 Å². The van der Waals surface area contributed by atoms with Crippen LogP contribution < -0.4 is 0 Å². The van der Waals surface area contributed by atoms with Crippen molar-refractivity contribution in [1.82, 2.24) is 0 Å². The number of hydrogen-bond donors (Lipinski definition) is 0. The van der Waals surface area contributed by atoms with E-state index in [1.807, 2.05) is 0 Å². The van der Waals surface area contributed by atoms with Crippen LogP contribution in [-0.4, -0.2) is 19.4 Å². The minimum atomic E-state index is -0.500. The van der Waals surface area contributed by atoms with Gasteiger partial charge in [0, 0.05) is 11.1 Å². The number of methoxy groups -OCH3 is 1. The lowest BCUT2D eigenvalue weighted by Crippen LogP contribution is -2.04. The van der Waals surface area contributed by atoms with Gasteiger partial charge in [-0.05, 0) is 24.3 Å².